The zero-order valence-electron chi connectivity index (χ0n) is 13.7. The van der Waals surface area contributed by atoms with E-state index >= 15 is 0 Å². The van der Waals surface area contributed by atoms with Crippen molar-refractivity contribution < 1.29 is 4.52 Å². The van der Waals surface area contributed by atoms with Gasteiger partial charge in [-0.2, -0.15) is 4.98 Å². The van der Waals surface area contributed by atoms with Gasteiger partial charge in [0.1, 0.15) is 0 Å². The van der Waals surface area contributed by atoms with Gasteiger partial charge in [-0.15, -0.1) is 0 Å². The number of hydrogen-bond donors (Lipinski definition) is 1. The Morgan fingerprint density at radius 3 is 2.76 bits per heavy atom. The highest BCUT2D eigenvalue weighted by atomic mass is 35.5. The first kappa shape index (κ1) is 16.3. The average molecular weight is 355 g/mol. The lowest BCUT2D eigenvalue weighted by Crippen LogP contribution is -2.45. The molecule has 128 valence electrons. The molecule has 0 amide bonds. The van der Waals surface area contributed by atoms with Crippen molar-refractivity contribution in [3.8, 4) is 11.5 Å². The van der Waals surface area contributed by atoms with Crippen LogP contribution in [0, 0.1) is 0 Å². The summed E-state index contributed by atoms with van der Waals surface area (Å²) in [6.07, 6.45) is 0. The third-order valence-electron chi connectivity index (χ3n) is 4.45. The molecule has 2 heterocycles. The van der Waals surface area contributed by atoms with Gasteiger partial charge in [-0.3, -0.25) is 4.90 Å². The first-order valence-electron chi connectivity index (χ1n) is 8.38. The van der Waals surface area contributed by atoms with Gasteiger partial charge in [0.2, 0.25) is 0 Å². The van der Waals surface area contributed by atoms with Crippen LogP contribution in [0.15, 0.2) is 59.1 Å². The Kier molecular flexibility index (Phi) is 4.78. The van der Waals surface area contributed by atoms with Gasteiger partial charge in [0.15, 0.2) is 5.82 Å². The SMILES string of the molecule is Clc1ccccc1C1CNCCN1Cc1noc(-c2ccccc2)n1. The fourth-order valence-corrected chi connectivity index (χ4v) is 3.45. The molecule has 0 saturated carbocycles. The molecule has 4 rings (SSSR count). The van der Waals surface area contributed by atoms with E-state index in [1.165, 1.54) is 0 Å². The summed E-state index contributed by atoms with van der Waals surface area (Å²) in [5.41, 5.74) is 2.06. The van der Waals surface area contributed by atoms with Crippen molar-refractivity contribution in [3.05, 3.63) is 71.0 Å². The minimum absolute atomic E-state index is 0.195. The molecule has 1 saturated heterocycles. The van der Waals surface area contributed by atoms with Crippen molar-refractivity contribution in [2.45, 2.75) is 12.6 Å². The largest absolute Gasteiger partial charge is 0.334 e. The average Bonchev–Trinajstić information content (AvgIpc) is 3.12. The highest BCUT2D eigenvalue weighted by Crippen LogP contribution is 2.29. The number of piperazine rings is 1. The van der Waals surface area contributed by atoms with Gasteiger partial charge in [-0.1, -0.05) is 53.2 Å². The maximum absolute atomic E-state index is 6.41. The second-order valence-electron chi connectivity index (χ2n) is 6.09. The van der Waals surface area contributed by atoms with Gasteiger partial charge >= 0.3 is 0 Å². The molecule has 25 heavy (non-hydrogen) atoms. The van der Waals surface area contributed by atoms with Gasteiger partial charge in [0, 0.05) is 36.3 Å². The second-order valence-corrected chi connectivity index (χ2v) is 6.50. The van der Waals surface area contributed by atoms with Crippen LogP contribution < -0.4 is 5.32 Å². The third-order valence-corrected chi connectivity index (χ3v) is 4.80. The second kappa shape index (κ2) is 7.35. The smallest absolute Gasteiger partial charge is 0.257 e. The number of nitrogens with one attached hydrogen (secondary N) is 1. The van der Waals surface area contributed by atoms with Crippen molar-refractivity contribution in [1.82, 2.24) is 20.4 Å². The lowest BCUT2D eigenvalue weighted by Gasteiger charge is -2.36. The molecule has 1 aliphatic heterocycles. The van der Waals surface area contributed by atoms with Crippen molar-refractivity contribution in [2.24, 2.45) is 0 Å². The molecular formula is C19H19ClN4O. The van der Waals surface area contributed by atoms with Crippen molar-refractivity contribution >= 4 is 11.6 Å². The van der Waals surface area contributed by atoms with E-state index in [1.54, 1.807) is 0 Å². The Labute approximate surface area is 151 Å². The van der Waals surface area contributed by atoms with Gasteiger partial charge in [0.25, 0.3) is 5.89 Å². The van der Waals surface area contributed by atoms with Crippen molar-refractivity contribution in [3.63, 3.8) is 0 Å². The molecule has 1 aliphatic rings. The summed E-state index contributed by atoms with van der Waals surface area (Å²) in [6, 6.07) is 18.0. The Morgan fingerprint density at radius 1 is 1.12 bits per heavy atom. The quantitative estimate of drug-likeness (QED) is 0.776. The minimum Gasteiger partial charge on any atom is -0.334 e. The zero-order valence-corrected chi connectivity index (χ0v) is 14.5. The predicted molar refractivity (Wildman–Crippen MR) is 97.2 cm³/mol. The normalized spacial score (nSPS) is 18.4. The molecule has 1 unspecified atom stereocenters. The van der Waals surface area contributed by atoms with E-state index in [4.69, 9.17) is 16.1 Å². The fraction of sp³-hybridized carbons (Fsp3) is 0.263. The fourth-order valence-electron chi connectivity index (χ4n) is 3.19. The molecule has 1 N–H and O–H groups in total. The predicted octanol–water partition coefficient (Wildman–Crippen LogP) is 3.54. The van der Waals surface area contributed by atoms with Crippen LogP contribution in [0.2, 0.25) is 5.02 Å². The standard InChI is InChI=1S/C19H19ClN4O/c20-16-9-5-4-8-15(16)17-12-21-10-11-24(17)13-18-22-19(25-23-18)14-6-2-1-3-7-14/h1-9,17,21H,10-13H2. The molecular weight excluding hydrogens is 336 g/mol. The lowest BCUT2D eigenvalue weighted by molar-refractivity contribution is 0.148. The van der Waals surface area contributed by atoms with Crippen LogP contribution >= 0.6 is 11.6 Å². The van der Waals surface area contributed by atoms with E-state index in [1.807, 2.05) is 48.5 Å². The number of hydrogen-bond acceptors (Lipinski definition) is 5. The molecule has 1 atom stereocenters. The van der Waals surface area contributed by atoms with Crippen LogP contribution in [0.1, 0.15) is 17.4 Å². The van der Waals surface area contributed by atoms with Crippen molar-refractivity contribution in [1.29, 1.82) is 0 Å². The summed E-state index contributed by atoms with van der Waals surface area (Å²) >= 11 is 6.41. The van der Waals surface area contributed by atoms with E-state index in [0.717, 1.165) is 35.8 Å². The van der Waals surface area contributed by atoms with Gasteiger partial charge in [-0.25, -0.2) is 0 Å². The summed E-state index contributed by atoms with van der Waals surface area (Å²) in [5, 5.41) is 8.39. The van der Waals surface area contributed by atoms with E-state index in [9.17, 15) is 0 Å². The zero-order chi connectivity index (χ0) is 17.1. The Morgan fingerprint density at radius 2 is 1.92 bits per heavy atom. The molecule has 5 nitrogen and oxygen atoms in total. The van der Waals surface area contributed by atoms with E-state index in [-0.39, 0.29) is 6.04 Å². The van der Waals surface area contributed by atoms with E-state index in [2.05, 4.69) is 26.4 Å². The monoisotopic (exact) mass is 354 g/mol. The number of rotatable bonds is 4. The number of nitrogens with zero attached hydrogens (tertiary/aromatic N) is 3. The first-order valence-corrected chi connectivity index (χ1v) is 8.76. The summed E-state index contributed by atoms with van der Waals surface area (Å²) in [6.45, 7) is 3.33. The van der Waals surface area contributed by atoms with Crippen LogP contribution in [-0.2, 0) is 6.54 Å². The maximum atomic E-state index is 6.41. The van der Waals surface area contributed by atoms with E-state index < -0.39 is 0 Å². The summed E-state index contributed by atoms with van der Waals surface area (Å²) in [4.78, 5) is 6.90. The Balaban J connectivity index is 1.55. The Hall–Kier alpha value is -2.21. The van der Waals surface area contributed by atoms with E-state index in [0.29, 0.717) is 18.3 Å². The molecule has 2 aromatic carbocycles. The van der Waals surface area contributed by atoms with Crippen LogP contribution in [0.25, 0.3) is 11.5 Å². The van der Waals surface area contributed by atoms with Gasteiger partial charge < -0.3 is 9.84 Å². The highest BCUT2D eigenvalue weighted by Gasteiger charge is 2.26. The summed E-state index contributed by atoms with van der Waals surface area (Å²) < 4.78 is 5.43. The van der Waals surface area contributed by atoms with Crippen LogP contribution in [0.3, 0.4) is 0 Å². The molecule has 3 aromatic rings. The number of halogens is 1. The molecule has 0 radical (unpaired) electrons. The number of benzene rings is 2. The first-order chi connectivity index (χ1) is 12.3. The molecule has 1 aromatic heterocycles. The summed E-state index contributed by atoms with van der Waals surface area (Å²) in [7, 11) is 0. The van der Waals surface area contributed by atoms with Crippen LogP contribution in [0.5, 0.6) is 0 Å². The number of aromatic nitrogens is 2. The Bertz CT molecular complexity index is 836. The topological polar surface area (TPSA) is 54.2 Å². The van der Waals surface area contributed by atoms with Crippen LogP contribution in [-0.4, -0.2) is 34.7 Å². The molecule has 6 heteroatoms. The maximum Gasteiger partial charge on any atom is 0.257 e. The molecule has 0 aliphatic carbocycles. The van der Waals surface area contributed by atoms with Gasteiger partial charge in [-0.05, 0) is 23.8 Å². The minimum atomic E-state index is 0.195. The summed E-state index contributed by atoms with van der Waals surface area (Å²) in [5.74, 6) is 1.25. The lowest BCUT2D eigenvalue weighted by atomic mass is 10.0. The molecule has 0 spiro atoms. The van der Waals surface area contributed by atoms with Crippen molar-refractivity contribution in [2.75, 3.05) is 19.6 Å². The molecule has 0 bridgehead atoms. The van der Waals surface area contributed by atoms with Gasteiger partial charge in [0.05, 0.1) is 6.54 Å². The van der Waals surface area contributed by atoms with Crippen LogP contribution in [0.4, 0.5) is 0 Å². The molecule has 1 fully saturated rings. The third kappa shape index (κ3) is 3.58. The highest BCUT2D eigenvalue weighted by molar-refractivity contribution is 6.31.